The predicted molar refractivity (Wildman–Crippen MR) is 93.1 cm³/mol. The van der Waals surface area contributed by atoms with Crippen molar-refractivity contribution in [2.24, 2.45) is 5.92 Å². The molecule has 9 heteroatoms. The lowest BCUT2D eigenvalue weighted by Gasteiger charge is -2.16. The van der Waals surface area contributed by atoms with E-state index in [9.17, 15) is 13.2 Å². The monoisotopic (exact) mass is 377 g/mol. The third-order valence-electron chi connectivity index (χ3n) is 3.56. The van der Waals surface area contributed by atoms with E-state index >= 15 is 0 Å². The van der Waals surface area contributed by atoms with E-state index in [1.165, 1.54) is 22.1 Å². The van der Waals surface area contributed by atoms with Crippen molar-refractivity contribution in [3.63, 3.8) is 0 Å². The fourth-order valence-corrected chi connectivity index (χ4v) is 5.07. The average Bonchev–Trinajstić information content (AvgIpc) is 3.30. The summed E-state index contributed by atoms with van der Waals surface area (Å²) in [6.07, 6.45) is 7.53. The Morgan fingerprint density at radius 1 is 1.36 bits per heavy atom. The maximum Gasteiger partial charge on any atom is 0.273 e. The summed E-state index contributed by atoms with van der Waals surface area (Å²) in [4.78, 5) is 16.0. The Labute approximate surface area is 148 Å². The van der Waals surface area contributed by atoms with Gasteiger partial charge in [0.1, 0.15) is 4.21 Å². The van der Waals surface area contributed by atoms with E-state index in [-0.39, 0.29) is 16.7 Å². The summed E-state index contributed by atoms with van der Waals surface area (Å²) in [5.41, 5.74) is 2.21. The molecule has 0 saturated heterocycles. The zero-order valence-corrected chi connectivity index (χ0v) is 14.6. The second-order valence-electron chi connectivity index (χ2n) is 5.25. The largest absolute Gasteiger partial charge is 0.288 e. The first-order valence-corrected chi connectivity index (χ1v) is 9.60. The van der Waals surface area contributed by atoms with Crippen LogP contribution in [0.3, 0.4) is 0 Å². The molecule has 0 fully saturated rings. The normalized spacial score (nSPS) is 17.3. The summed E-state index contributed by atoms with van der Waals surface area (Å²) < 4.78 is 27.0. The number of amides is 1. The van der Waals surface area contributed by atoms with Crippen molar-refractivity contribution in [2.45, 2.75) is 4.21 Å². The first-order valence-electron chi connectivity index (χ1n) is 7.34. The molecule has 1 unspecified atom stereocenters. The number of hydrogen-bond acceptors (Lipinski definition) is 6. The van der Waals surface area contributed by atoms with Crippen molar-refractivity contribution >= 4 is 27.3 Å². The van der Waals surface area contributed by atoms with E-state index in [1.54, 1.807) is 30.5 Å². The summed E-state index contributed by atoms with van der Waals surface area (Å²) in [7, 11) is -3.65. The third-order valence-corrected chi connectivity index (χ3v) is 6.87. The Hall–Kier alpha value is -2.49. The van der Waals surface area contributed by atoms with Crippen molar-refractivity contribution in [2.75, 3.05) is 6.54 Å². The number of aromatic nitrogens is 1. The van der Waals surface area contributed by atoms with Gasteiger partial charge in [0.25, 0.3) is 15.9 Å². The molecule has 1 atom stereocenters. The van der Waals surface area contributed by atoms with Crippen LogP contribution in [0.4, 0.5) is 0 Å². The fraction of sp³-hybridized carbons (Fsp3) is 0.125. The zero-order chi connectivity index (χ0) is 17.9. The van der Waals surface area contributed by atoms with E-state index in [4.69, 9.17) is 5.21 Å². The van der Waals surface area contributed by atoms with Gasteiger partial charge in [0.05, 0.1) is 10.6 Å². The standard InChI is InChI=1S/C16H15N3O4S2/c20-15(18-21)6-4-12-8-10-19(11-12)25(22,23)16-7-5-14(24-16)13-3-1-2-9-17-13/h1-10,12,21H,11H2,(H,18,20)/b6-4+. The average molecular weight is 377 g/mol. The zero-order valence-electron chi connectivity index (χ0n) is 12.9. The van der Waals surface area contributed by atoms with E-state index in [2.05, 4.69) is 4.98 Å². The number of carbonyl (C=O) groups excluding carboxylic acids is 1. The van der Waals surface area contributed by atoms with Crippen LogP contribution in [0.2, 0.25) is 0 Å². The molecule has 0 spiro atoms. The number of pyridine rings is 1. The number of carbonyl (C=O) groups is 1. The van der Waals surface area contributed by atoms with Crippen LogP contribution in [-0.2, 0) is 14.8 Å². The maximum absolute atomic E-state index is 12.7. The lowest BCUT2D eigenvalue weighted by atomic mass is 10.1. The molecule has 2 aromatic rings. The van der Waals surface area contributed by atoms with Gasteiger partial charge in [-0.25, -0.2) is 13.9 Å². The Morgan fingerprint density at radius 2 is 2.20 bits per heavy atom. The SMILES string of the molecule is O=C(/C=C/C1C=CN(S(=O)(=O)c2ccc(-c3ccccn3)s2)C1)NO. The Kier molecular flexibility index (Phi) is 4.98. The third kappa shape index (κ3) is 3.78. The maximum atomic E-state index is 12.7. The lowest BCUT2D eigenvalue weighted by molar-refractivity contribution is -0.124. The number of hydroxylamine groups is 1. The van der Waals surface area contributed by atoms with E-state index in [0.717, 1.165) is 28.0 Å². The molecule has 1 aliphatic heterocycles. The molecule has 0 aromatic carbocycles. The van der Waals surface area contributed by atoms with E-state index in [1.807, 2.05) is 12.1 Å². The van der Waals surface area contributed by atoms with E-state index in [0.29, 0.717) is 0 Å². The van der Waals surface area contributed by atoms with Gasteiger partial charge in [-0.05, 0) is 24.3 Å². The van der Waals surface area contributed by atoms with Gasteiger partial charge >= 0.3 is 0 Å². The van der Waals surface area contributed by atoms with Gasteiger partial charge in [-0.15, -0.1) is 11.3 Å². The van der Waals surface area contributed by atoms with Gasteiger partial charge in [-0.3, -0.25) is 19.3 Å². The van der Waals surface area contributed by atoms with Crippen molar-refractivity contribution in [3.05, 3.63) is 61.0 Å². The molecular weight excluding hydrogens is 362 g/mol. The molecule has 7 nitrogen and oxygen atoms in total. The Bertz CT molecular complexity index is 920. The second kappa shape index (κ2) is 7.18. The van der Waals surface area contributed by atoms with Crippen LogP contribution < -0.4 is 5.48 Å². The molecular formula is C16H15N3O4S2. The summed E-state index contributed by atoms with van der Waals surface area (Å²) >= 11 is 1.16. The van der Waals surface area contributed by atoms with Gasteiger partial charge in [-0.2, -0.15) is 0 Å². The molecule has 3 heterocycles. The van der Waals surface area contributed by atoms with Crippen LogP contribution in [0.1, 0.15) is 0 Å². The molecule has 1 amide bonds. The number of nitrogens with one attached hydrogen (secondary N) is 1. The molecule has 0 aliphatic carbocycles. The lowest BCUT2D eigenvalue weighted by Crippen LogP contribution is -2.25. The summed E-state index contributed by atoms with van der Waals surface area (Å²) in [6, 6.07) is 8.78. The van der Waals surface area contributed by atoms with Crippen molar-refractivity contribution < 1.29 is 18.4 Å². The number of nitrogens with zero attached hydrogens (tertiary/aromatic N) is 2. The minimum absolute atomic E-state index is 0.203. The Balaban J connectivity index is 1.75. The summed E-state index contributed by atoms with van der Waals surface area (Å²) in [6.45, 7) is 0.203. The number of rotatable bonds is 5. The van der Waals surface area contributed by atoms with Crippen LogP contribution in [0.25, 0.3) is 10.6 Å². The van der Waals surface area contributed by atoms with Crippen LogP contribution >= 0.6 is 11.3 Å². The summed E-state index contributed by atoms with van der Waals surface area (Å²) in [5, 5.41) is 8.46. The highest BCUT2D eigenvalue weighted by molar-refractivity contribution is 7.91. The molecule has 25 heavy (non-hydrogen) atoms. The highest BCUT2D eigenvalue weighted by atomic mass is 32.2. The van der Waals surface area contributed by atoms with Crippen LogP contribution in [0, 0.1) is 5.92 Å². The molecule has 2 aromatic heterocycles. The van der Waals surface area contributed by atoms with Crippen molar-refractivity contribution in [3.8, 4) is 10.6 Å². The van der Waals surface area contributed by atoms with Gasteiger partial charge in [0.15, 0.2) is 0 Å². The first-order chi connectivity index (χ1) is 12.0. The fourth-order valence-electron chi connectivity index (χ4n) is 2.31. The minimum atomic E-state index is -3.65. The van der Waals surface area contributed by atoms with Crippen LogP contribution in [0.15, 0.2) is 65.2 Å². The van der Waals surface area contributed by atoms with Crippen molar-refractivity contribution in [1.29, 1.82) is 0 Å². The Morgan fingerprint density at radius 3 is 2.92 bits per heavy atom. The highest BCUT2D eigenvalue weighted by Gasteiger charge is 2.28. The molecule has 130 valence electrons. The molecule has 0 radical (unpaired) electrons. The second-order valence-corrected chi connectivity index (χ2v) is 8.45. The summed E-state index contributed by atoms with van der Waals surface area (Å²) in [5.74, 6) is -0.893. The highest BCUT2D eigenvalue weighted by Crippen LogP contribution is 2.32. The van der Waals surface area contributed by atoms with E-state index < -0.39 is 15.9 Å². The molecule has 3 rings (SSSR count). The topological polar surface area (TPSA) is 99.6 Å². The predicted octanol–water partition coefficient (Wildman–Crippen LogP) is 2.01. The van der Waals surface area contributed by atoms with Gasteiger partial charge in [-0.1, -0.05) is 18.2 Å². The smallest absolute Gasteiger partial charge is 0.273 e. The van der Waals surface area contributed by atoms with Crippen LogP contribution in [0.5, 0.6) is 0 Å². The minimum Gasteiger partial charge on any atom is -0.288 e. The number of thiophene rings is 1. The quantitative estimate of drug-likeness (QED) is 0.472. The van der Waals surface area contributed by atoms with Crippen molar-refractivity contribution in [1.82, 2.24) is 14.8 Å². The number of sulfonamides is 1. The van der Waals surface area contributed by atoms with Gasteiger partial charge in [0, 0.05) is 30.9 Å². The molecule has 2 N–H and O–H groups in total. The van der Waals surface area contributed by atoms with Gasteiger partial charge < -0.3 is 0 Å². The van der Waals surface area contributed by atoms with Gasteiger partial charge in [0.2, 0.25) is 0 Å². The molecule has 0 bridgehead atoms. The first kappa shape index (κ1) is 17.3. The van der Waals surface area contributed by atoms with Crippen LogP contribution in [-0.4, -0.2) is 35.4 Å². The molecule has 0 saturated carbocycles. The molecule has 1 aliphatic rings. The number of hydrogen-bond donors (Lipinski definition) is 2.